The van der Waals surface area contributed by atoms with Crippen LogP contribution >= 0.6 is 15.9 Å². The summed E-state index contributed by atoms with van der Waals surface area (Å²) < 4.78 is 47.4. The normalized spacial score (nSPS) is 19.3. The van der Waals surface area contributed by atoms with Gasteiger partial charge in [0.05, 0.1) is 19.2 Å². The predicted octanol–water partition coefficient (Wildman–Crippen LogP) is 7.67. The Morgan fingerprint density at radius 2 is 1.80 bits per heavy atom. The fourth-order valence-corrected chi connectivity index (χ4v) is 6.44. The van der Waals surface area contributed by atoms with Crippen molar-refractivity contribution in [1.29, 1.82) is 0 Å². The Hall–Kier alpha value is -4.75. The first-order valence-electron chi connectivity index (χ1n) is 16.6. The van der Waals surface area contributed by atoms with Gasteiger partial charge in [0.15, 0.2) is 12.3 Å². The number of carbonyl (C=O) groups is 1. The molecule has 0 bridgehead atoms. The van der Waals surface area contributed by atoms with E-state index in [1.165, 1.54) is 4.90 Å². The van der Waals surface area contributed by atoms with Crippen molar-refractivity contribution in [3.8, 4) is 29.0 Å². The number of carbonyl (C=O) groups excluding carboxylic acids is 1. The lowest BCUT2D eigenvalue weighted by molar-refractivity contribution is -0.0365. The van der Waals surface area contributed by atoms with Crippen molar-refractivity contribution in [1.82, 2.24) is 24.6 Å². The summed E-state index contributed by atoms with van der Waals surface area (Å²) >= 11 is 3.60. The zero-order valence-corrected chi connectivity index (χ0v) is 29.1. The van der Waals surface area contributed by atoms with Gasteiger partial charge in [-0.25, -0.2) is 13.9 Å². The maximum absolute atomic E-state index is 15.4. The van der Waals surface area contributed by atoms with Crippen LogP contribution in [0.15, 0.2) is 83.3 Å². The number of amides is 1. The monoisotopic (exact) mass is 745 g/mol. The molecule has 13 heteroatoms. The number of hydrogen-bond donors (Lipinski definition) is 0. The van der Waals surface area contributed by atoms with Crippen LogP contribution in [0.1, 0.15) is 43.0 Å². The summed E-state index contributed by atoms with van der Waals surface area (Å²) in [6.45, 7) is 1.15. The van der Waals surface area contributed by atoms with Crippen LogP contribution in [0.5, 0.6) is 17.6 Å². The van der Waals surface area contributed by atoms with Crippen molar-refractivity contribution in [2.75, 3.05) is 26.8 Å². The first-order valence-corrected chi connectivity index (χ1v) is 17.4. The fourth-order valence-electron chi connectivity index (χ4n) is 6.08. The smallest absolute Gasteiger partial charge is 0.410 e. The average molecular weight is 747 g/mol. The van der Waals surface area contributed by atoms with Gasteiger partial charge in [-0.3, -0.25) is 0 Å². The lowest BCUT2D eigenvalue weighted by atomic mass is 10.1. The fraction of sp³-hybridized carbons (Fsp3) is 0.351. The summed E-state index contributed by atoms with van der Waals surface area (Å²) in [4.78, 5) is 23.7. The first kappa shape index (κ1) is 33.7. The number of nitrogens with zero attached hydrogens (tertiary/aromatic N) is 5. The molecule has 3 aromatic carbocycles. The molecule has 0 saturated carbocycles. The molecule has 1 amide bonds. The zero-order chi connectivity index (χ0) is 34.5. The van der Waals surface area contributed by atoms with Gasteiger partial charge in [0.2, 0.25) is 5.88 Å². The molecule has 4 heterocycles. The lowest BCUT2D eigenvalue weighted by Crippen LogP contribution is -2.50. The number of aromatic nitrogens is 4. The van der Waals surface area contributed by atoms with Crippen molar-refractivity contribution in [2.45, 2.75) is 57.4 Å². The van der Waals surface area contributed by atoms with Crippen molar-refractivity contribution in [2.24, 2.45) is 0 Å². The second kappa shape index (κ2) is 15.4. The molecule has 2 fully saturated rings. The van der Waals surface area contributed by atoms with Crippen molar-refractivity contribution < 1.29 is 32.9 Å². The molecule has 50 heavy (non-hydrogen) atoms. The summed E-state index contributed by atoms with van der Waals surface area (Å²) in [6.07, 6.45) is -0.184. The molecule has 2 aromatic heterocycles. The average Bonchev–Trinajstić information content (AvgIpc) is 3.53. The van der Waals surface area contributed by atoms with E-state index >= 15 is 4.39 Å². The van der Waals surface area contributed by atoms with Gasteiger partial charge in [0, 0.05) is 35.5 Å². The van der Waals surface area contributed by atoms with Crippen LogP contribution in [-0.2, 0) is 22.7 Å². The maximum atomic E-state index is 15.4. The maximum Gasteiger partial charge on any atom is 0.410 e. The highest BCUT2D eigenvalue weighted by atomic mass is 79.9. The molecule has 3 atom stereocenters. The number of halogens is 2. The van der Waals surface area contributed by atoms with Gasteiger partial charge >= 0.3 is 12.1 Å². The molecule has 7 rings (SSSR count). The molecule has 3 unspecified atom stereocenters. The van der Waals surface area contributed by atoms with Crippen molar-refractivity contribution >= 4 is 32.9 Å². The highest BCUT2D eigenvalue weighted by Crippen LogP contribution is 2.35. The minimum atomic E-state index is -1.36. The predicted molar refractivity (Wildman–Crippen MR) is 187 cm³/mol. The Labute approximate surface area is 297 Å². The Morgan fingerprint density at radius 1 is 0.980 bits per heavy atom. The third kappa shape index (κ3) is 7.84. The van der Waals surface area contributed by atoms with Gasteiger partial charge < -0.3 is 28.6 Å². The van der Waals surface area contributed by atoms with Crippen molar-refractivity contribution in [3.05, 3.63) is 94.5 Å². The highest BCUT2D eigenvalue weighted by Gasteiger charge is 2.35. The van der Waals surface area contributed by atoms with E-state index in [0.717, 1.165) is 51.5 Å². The minimum Gasteiger partial charge on any atom is -0.497 e. The molecule has 260 valence electrons. The molecule has 5 aromatic rings. The first-order chi connectivity index (χ1) is 24.4. The number of ether oxygens (including phenoxy) is 5. The van der Waals surface area contributed by atoms with Gasteiger partial charge in [0.25, 0.3) is 0 Å². The van der Waals surface area contributed by atoms with E-state index in [1.54, 1.807) is 13.2 Å². The molecular weight excluding hydrogens is 709 g/mol. The number of methoxy groups -OCH3 is 1. The number of fused-ring (bicyclic) bond motifs is 1. The van der Waals surface area contributed by atoms with Crippen LogP contribution in [0.2, 0.25) is 0 Å². The Morgan fingerprint density at radius 3 is 2.58 bits per heavy atom. The number of likely N-dealkylation sites (tertiary alicyclic amines) is 1. The molecule has 0 N–H and O–H groups in total. The lowest BCUT2D eigenvalue weighted by Gasteiger charge is -2.33. The van der Waals surface area contributed by atoms with E-state index in [1.807, 2.05) is 77.5 Å². The molecule has 0 spiro atoms. The van der Waals surface area contributed by atoms with E-state index in [4.69, 9.17) is 33.8 Å². The number of benzene rings is 3. The second-order valence-electron chi connectivity index (χ2n) is 12.2. The Kier molecular flexibility index (Phi) is 10.4. The number of alkyl halides is 1. The molecule has 2 aliphatic rings. The van der Waals surface area contributed by atoms with Gasteiger partial charge in [0.1, 0.15) is 36.5 Å². The molecule has 2 saturated heterocycles. The standard InChI is InChI=1S/C37H37BrFN5O6/c1-46-27-13-10-25(11-14-27)22-48-33-20-30(35-28-19-26(38)12-15-31(28)44(42-35)34-9-5-6-18-47-34)40-36(41-33)50-32-21-43(17-16-29(32)39)37(45)49-23-24-7-3-2-4-8-24/h2-4,7-8,10-15,19-20,29,32,34H,5-6,9,16-18,21-23H2,1H3. The summed E-state index contributed by atoms with van der Waals surface area (Å²) in [6, 6.07) is 24.4. The molecule has 2 aliphatic heterocycles. The third-order valence-corrected chi connectivity index (χ3v) is 9.26. The quantitative estimate of drug-likeness (QED) is 0.142. The van der Waals surface area contributed by atoms with Crippen LogP contribution in [0.3, 0.4) is 0 Å². The third-order valence-electron chi connectivity index (χ3n) is 8.77. The van der Waals surface area contributed by atoms with E-state index in [2.05, 4.69) is 20.9 Å². The van der Waals surface area contributed by atoms with Crippen LogP contribution in [-0.4, -0.2) is 69.8 Å². The number of rotatable bonds is 10. The molecule has 11 nitrogen and oxygen atoms in total. The molecular formula is C37H37BrFN5O6. The van der Waals surface area contributed by atoms with E-state index in [9.17, 15) is 4.79 Å². The van der Waals surface area contributed by atoms with Gasteiger partial charge in [-0.05, 0) is 60.7 Å². The van der Waals surface area contributed by atoms with Crippen LogP contribution < -0.4 is 14.2 Å². The van der Waals surface area contributed by atoms with E-state index in [-0.39, 0.29) is 50.8 Å². The summed E-state index contributed by atoms with van der Waals surface area (Å²) in [5.41, 5.74) is 3.64. The Bertz CT molecular complexity index is 1920. The van der Waals surface area contributed by atoms with Gasteiger partial charge in [-0.1, -0.05) is 58.4 Å². The van der Waals surface area contributed by atoms with E-state index < -0.39 is 18.4 Å². The summed E-state index contributed by atoms with van der Waals surface area (Å²) in [7, 11) is 1.61. The van der Waals surface area contributed by atoms with Crippen LogP contribution in [0, 0.1) is 0 Å². The number of piperidine rings is 1. The second-order valence-corrected chi connectivity index (χ2v) is 13.1. The minimum absolute atomic E-state index is 0.0338. The van der Waals surface area contributed by atoms with Gasteiger partial charge in [-0.2, -0.15) is 15.1 Å². The van der Waals surface area contributed by atoms with E-state index in [0.29, 0.717) is 18.0 Å². The van der Waals surface area contributed by atoms with Crippen LogP contribution in [0.4, 0.5) is 9.18 Å². The van der Waals surface area contributed by atoms with Gasteiger partial charge in [-0.15, -0.1) is 0 Å². The highest BCUT2D eigenvalue weighted by molar-refractivity contribution is 9.10. The summed E-state index contributed by atoms with van der Waals surface area (Å²) in [5.74, 6) is 0.952. The Balaban J connectivity index is 1.18. The largest absolute Gasteiger partial charge is 0.497 e. The molecule has 0 aliphatic carbocycles. The summed E-state index contributed by atoms with van der Waals surface area (Å²) in [5, 5.41) is 5.84. The topological polar surface area (TPSA) is 110 Å². The zero-order valence-electron chi connectivity index (χ0n) is 27.5. The van der Waals surface area contributed by atoms with Crippen LogP contribution in [0.25, 0.3) is 22.3 Å². The molecule has 0 radical (unpaired) electrons. The number of hydrogen-bond acceptors (Lipinski definition) is 9. The SMILES string of the molecule is COc1ccc(COc2cc(-c3nn(C4CCCCO4)c4ccc(Br)cc34)nc(OC3CN(C(=O)OCc4ccccc4)CCC3F)n2)cc1. The van der Waals surface area contributed by atoms with Crippen molar-refractivity contribution in [3.63, 3.8) is 0 Å².